The highest BCUT2D eigenvalue weighted by Crippen LogP contribution is 2.25. The van der Waals surface area contributed by atoms with Crippen molar-refractivity contribution in [1.82, 2.24) is 5.43 Å². The first-order chi connectivity index (χ1) is 11.1. The van der Waals surface area contributed by atoms with Gasteiger partial charge in [0, 0.05) is 19.6 Å². The molecule has 1 aliphatic heterocycles. The number of thioether (sulfide) groups is 1. The van der Waals surface area contributed by atoms with Gasteiger partial charge in [-0.1, -0.05) is 0 Å². The van der Waals surface area contributed by atoms with Gasteiger partial charge in [0.1, 0.15) is 0 Å². The number of nitrogens with zero attached hydrogens (tertiary/aromatic N) is 1. The zero-order valence-corrected chi connectivity index (χ0v) is 15.1. The van der Waals surface area contributed by atoms with Crippen LogP contribution in [0.1, 0.15) is 15.9 Å². The highest BCUT2D eigenvalue weighted by Gasteiger charge is 2.26. The van der Waals surface area contributed by atoms with Gasteiger partial charge in [-0.3, -0.25) is 9.59 Å². The molecule has 2 amide bonds. The monoisotopic (exact) mass is 437 g/mol. The predicted octanol–water partition coefficient (Wildman–Crippen LogP) is 3.10. The Kier molecular flexibility index (Phi) is 4.67. The molecule has 0 bridgehead atoms. The number of benzene rings is 2. The zero-order chi connectivity index (χ0) is 16.4. The number of amides is 2. The van der Waals surface area contributed by atoms with Gasteiger partial charge in [0.2, 0.25) is 0 Å². The van der Waals surface area contributed by atoms with Gasteiger partial charge in [0.25, 0.3) is 11.8 Å². The minimum atomic E-state index is -0.350. The van der Waals surface area contributed by atoms with Gasteiger partial charge in [0.05, 0.1) is 5.69 Å². The number of hydrogen-bond acceptors (Lipinski definition) is 4. The topological polar surface area (TPSA) is 70.6 Å². The highest BCUT2D eigenvalue weighted by molar-refractivity contribution is 14.1. The number of halogens is 1. The van der Waals surface area contributed by atoms with Gasteiger partial charge in [-0.15, -0.1) is 11.8 Å². The molecule has 0 fully saturated rings. The van der Waals surface area contributed by atoms with E-state index in [1.165, 1.54) is 0 Å². The third-order valence-corrected chi connectivity index (χ3v) is 4.74. The molecular formula is C16H12IN3O2S. The Hall–Kier alpha value is -1.87. The molecular weight excluding hydrogens is 425 g/mol. The summed E-state index contributed by atoms with van der Waals surface area (Å²) in [5.41, 5.74) is 4.55. The summed E-state index contributed by atoms with van der Waals surface area (Å²) in [4.78, 5) is 25.2. The van der Waals surface area contributed by atoms with E-state index in [4.69, 9.17) is 0 Å². The molecule has 0 aromatic heterocycles. The Labute approximate surface area is 151 Å². The molecule has 0 atom stereocenters. The summed E-state index contributed by atoms with van der Waals surface area (Å²) in [5.74, 6) is -0.669. The van der Waals surface area contributed by atoms with Crippen molar-refractivity contribution in [1.29, 1.82) is 0 Å². The molecule has 3 rings (SSSR count). The maximum atomic E-state index is 12.1. The molecule has 116 valence electrons. The lowest BCUT2D eigenvalue weighted by Crippen LogP contribution is -2.23. The number of carbonyl (C=O) groups excluding carboxylic acids is 2. The molecule has 23 heavy (non-hydrogen) atoms. The summed E-state index contributed by atoms with van der Waals surface area (Å²) in [6.45, 7) is 0. The van der Waals surface area contributed by atoms with Gasteiger partial charge < -0.3 is 5.32 Å². The fourth-order valence-electron chi connectivity index (χ4n) is 2.15. The first-order valence-corrected chi connectivity index (χ1v) is 9.02. The van der Waals surface area contributed by atoms with Gasteiger partial charge >= 0.3 is 0 Å². The smallest absolute Gasteiger partial charge is 0.276 e. The molecule has 2 N–H and O–H groups in total. The minimum absolute atomic E-state index is 0.215. The third-order valence-electron chi connectivity index (χ3n) is 3.32. The average molecular weight is 437 g/mol. The van der Waals surface area contributed by atoms with Gasteiger partial charge in [-0.25, -0.2) is 5.43 Å². The maximum Gasteiger partial charge on any atom is 0.276 e. The van der Waals surface area contributed by atoms with Crippen molar-refractivity contribution < 1.29 is 9.59 Å². The average Bonchev–Trinajstić information content (AvgIpc) is 2.87. The Balaban J connectivity index is 1.81. The summed E-state index contributed by atoms with van der Waals surface area (Å²) in [5, 5.41) is 6.73. The Morgan fingerprint density at radius 3 is 2.65 bits per heavy atom. The Bertz CT molecular complexity index is 819. The van der Waals surface area contributed by atoms with E-state index in [0.29, 0.717) is 16.8 Å². The summed E-state index contributed by atoms with van der Waals surface area (Å²) in [7, 11) is 0. The number of nitrogens with one attached hydrogen (secondary N) is 2. The number of anilines is 1. The van der Waals surface area contributed by atoms with Gasteiger partial charge in [0.15, 0.2) is 5.71 Å². The lowest BCUT2D eigenvalue weighted by molar-refractivity contribution is -0.110. The van der Waals surface area contributed by atoms with Crippen molar-refractivity contribution in [2.45, 2.75) is 4.90 Å². The maximum absolute atomic E-state index is 12.1. The van der Waals surface area contributed by atoms with E-state index in [0.717, 1.165) is 8.47 Å². The standard InChI is InChI=1S/C16H12IN3O2S/c1-23-11-5-2-9(3-6-11)15(21)20-19-14-12-8-10(17)4-7-13(12)18-16(14)22/h2-8H,1H3,(H,20,21)(H,18,19,22). The molecule has 0 radical (unpaired) electrons. The van der Waals surface area contributed by atoms with Crippen LogP contribution < -0.4 is 10.7 Å². The van der Waals surface area contributed by atoms with Crippen LogP contribution >= 0.6 is 34.4 Å². The van der Waals surface area contributed by atoms with Crippen LogP contribution in [0.5, 0.6) is 0 Å². The summed E-state index contributed by atoms with van der Waals surface area (Å²) in [6.07, 6.45) is 1.97. The van der Waals surface area contributed by atoms with Crippen LogP contribution in [0.4, 0.5) is 5.69 Å². The molecule has 0 saturated heterocycles. The fraction of sp³-hybridized carbons (Fsp3) is 0.0625. The largest absolute Gasteiger partial charge is 0.320 e. The Morgan fingerprint density at radius 2 is 1.96 bits per heavy atom. The molecule has 0 saturated carbocycles. The molecule has 5 nitrogen and oxygen atoms in total. The Morgan fingerprint density at radius 1 is 1.22 bits per heavy atom. The van der Waals surface area contributed by atoms with Crippen molar-refractivity contribution in [3.63, 3.8) is 0 Å². The van der Waals surface area contributed by atoms with E-state index in [1.807, 2.05) is 36.6 Å². The number of hydrogen-bond donors (Lipinski definition) is 2. The summed E-state index contributed by atoms with van der Waals surface area (Å²) < 4.78 is 0.990. The van der Waals surface area contributed by atoms with Gasteiger partial charge in [-0.2, -0.15) is 5.10 Å². The molecule has 1 aliphatic rings. The van der Waals surface area contributed by atoms with Crippen LogP contribution in [0.2, 0.25) is 0 Å². The van der Waals surface area contributed by atoms with Crippen LogP contribution in [0.25, 0.3) is 0 Å². The van der Waals surface area contributed by atoms with E-state index in [-0.39, 0.29) is 17.5 Å². The second-order valence-electron chi connectivity index (χ2n) is 4.77. The van der Waals surface area contributed by atoms with Crippen LogP contribution in [0, 0.1) is 3.57 Å². The summed E-state index contributed by atoms with van der Waals surface area (Å²) >= 11 is 3.77. The fourth-order valence-corrected chi connectivity index (χ4v) is 3.05. The zero-order valence-electron chi connectivity index (χ0n) is 12.1. The number of hydrazone groups is 1. The normalized spacial score (nSPS) is 14.5. The van der Waals surface area contributed by atoms with E-state index in [9.17, 15) is 9.59 Å². The van der Waals surface area contributed by atoms with Crippen molar-refractivity contribution in [3.8, 4) is 0 Å². The second kappa shape index (κ2) is 6.71. The first-order valence-electron chi connectivity index (χ1n) is 6.72. The number of fused-ring (bicyclic) bond motifs is 1. The van der Waals surface area contributed by atoms with Crippen LogP contribution in [-0.2, 0) is 4.79 Å². The van der Waals surface area contributed by atoms with Crippen molar-refractivity contribution >= 4 is 57.6 Å². The third kappa shape index (κ3) is 3.40. The van der Waals surface area contributed by atoms with E-state index >= 15 is 0 Å². The van der Waals surface area contributed by atoms with E-state index < -0.39 is 0 Å². The number of rotatable bonds is 3. The van der Waals surface area contributed by atoms with Crippen molar-refractivity contribution in [2.75, 3.05) is 11.6 Å². The van der Waals surface area contributed by atoms with Crippen molar-refractivity contribution in [2.24, 2.45) is 5.10 Å². The number of carbonyl (C=O) groups is 2. The van der Waals surface area contributed by atoms with E-state index in [1.54, 1.807) is 23.9 Å². The van der Waals surface area contributed by atoms with Crippen molar-refractivity contribution in [3.05, 3.63) is 57.2 Å². The molecule has 2 aromatic carbocycles. The molecule has 0 unspecified atom stereocenters. The van der Waals surface area contributed by atoms with Crippen LogP contribution in [-0.4, -0.2) is 23.8 Å². The van der Waals surface area contributed by atoms with E-state index in [2.05, 4.69) is 38.4 Å². The lowest BCUT2D eigenvalue weighted by atomic mass is 10.1. The molecule has 1 heterocycles. The molecule has 7 heteroatoms. The SMILES string of the molecule is CSc1ccc(C(=O)N/N=C2/C(=O)Nc3ccc(I)cc32)cc1. The van der Waals surface area contributed by atoms with Crippen LogP contribution in [0.15, 0.2) is 52.5 Å². The van der Waals surface area contributed by atoms with Gasteiger partial charge in [-0.05, 0) is 71.3 Å². The second-order valence-corrected chi connectivity index (χ2v) is 6.90. The highest BCUT2D eigenvalue weighted by atomic mass is 127. The summed E-state index contributed by atoms with van der Waals surface area (Å²) in [6, 6.07) is 12.8. The quantitative estimate of drug-likeness (QED) is 0.441. The molecule has 0 aliphatic carbocycles. The molecule has 0 spiro atoms. The van der Waals surface area contributed by atoms with Crippen LogP contribution in [0.3, 0.4) is 0 Å². The minimum Gasteiger partial charge on any atom is -0.320 e. The first kappa shape index (κ1) is 16.0. The predicted molar refractivity (Wildman–Crippen MR) is 100 cm³/mol. The molecule has 2 aromatic rings. The lowest BCUT2D eigenvalue weighted by Gasteiger charge is -2.02.